The Hall–Kier alpha value is -1.92. The van der Waals surface area contributed by atoms with E-state index in [-0.39, 0.29) is 6.04 Å². The monoisotopic (exact) mass is 273 g/mol. The van der Waals surface area contributed by atoms with Gasteiger partial charge in [-0.05, 0) is 18.4 Å². The molecule has 4 N–H and O–H groups in total. The van der Waals surface area contributed by atoms with E-state index in [1.807, 2.05) is 30.3 Å². The van der Waals surface area contributed by atoms with Crippen LogP contribution in [0.15, 0.2) is 30.3 Å². The van der Waals surface area contributed by atoms with E-state index in [0.29, 0.717) is 11.8 Å². The van der Waals surface area contributed by atoms with Gasteiger partial charge in [0.05, 0.1) is 0 Å². The van der Waals surface area contributed by atoms with Gasteiger partial charge in [0.2, 0.25) is 5.95 Å². The lowest BCUT2D eigenvalue weighted by Gasteiger charge is -2.29. The van der Waals surface area contributed by atoms with Crippen LogP contribution in [-0.4, -0.2) is 39.4 Å². The van der Waals surface area contributed by atoms with Crippen molar-refractivity contribution in [2.45, 2.75) is 25.0 Å². The zero-order valence-corrected chi connectivity index (χ0v) is 11.2. The predicted molar refractivity (Wildman–Crippen MR) is 76.3 cm³/mol. The summed E-state index contributed by atoms with van der Waals surface area (Å²) in [6.45, 7) is 1.67. The number of nitrogens with one attached hydrogen (secondary N) is 1. The highest BCUT2D eigenvalue weighted by Crippen LogP contribution is 2.21. The maximum absolute atomic E-state index is 10.3. The van der Waals surface area contributed by atoms with Crippen LogP contribution in [0.25, 0.3) is 0 Å². The fraction of sp³-hybridized carbons (Fsp3) is 0.429. The van der Waals surface area contributed by atoms with Crippen LogP contribution in [0.2, 0.25) is 0 Å². The number of anilines is 1. The van der Waals surface area contributed by atoms with Crippen LogP contribution < -0.4 is 10.6 Å². The molecule has 3 rings (SSSR count). The molecule has 1 aliphatic rings. The molecule has 1 aromatic carbocycles. The fourth-order valence-corrected chi connectivity index (χ4v) is 2.51. The number of benzene rings is 1. The summed E-state index contributed by atoms with van der Waals surface area (Å²) in [6.07, 6.45) is 1.31. The van der Waals surface area contributed by atoms with E-state index in [4.69, 9.17) is 5.73 Å². The molecule has 2 atom stereocenters. The highest BCUT2D eigenvalue weighted by Gasteiger charge is 2.22. The van der Waals surface area contributed by atoms with Crippen molar-refractivity contribution in [3.05, 3.63) is 41.7 Å². The van der Waals surface area contributed by atoms with Gasteiger partial charge in [0.25, 0.3) is 0 Å². The molecule has 2 aromatic rings. The van der Waals surface area contributed by atoms with Crippen molar-refractivity contribution in [2.24, 2.45) is 5.73 Å². The molecule has 1 fully saturated rings. The van der Waals surface area contributed by atoms with Crippen molar-refractivity contribution in [1.82, 2.24) is 15.2 Å². The molecular formula is C14H19N5O. The first-order valence-corrected chi connectivity index (χ1v) is 6.90. The summed E-state index contributed by atoms with van der Waals surface area (Å²) in [5.74, 6) is 1.08. The number of hydrogen-bond donors (Lipinski definition) is 3. The number of aliphatic hydroxyl groups is 1. The number of H-pyrrole nitrogens is 1. The average molecular weight is 273 g/mol. The molecule has 2 heterocycles. The van der Waals surface area contributed by atoms with Crippen molar-refractivity contribution in [1.29, 1.82) is 0 Å². The zero-order chi connectivity index (χ0) is 13.9. The average Bonchev–Trinajstić information content (AvgIpc) is 2.97. The number of aromatic amines is 1. The Bertz CT molecular complexity index is 556. The highest BCUT2D eigenvalue weighted by molar-refractivity contribution is 5.32. The molecule has 2 unspecified atom stereocenters. The van der Waals surface area contributed by atoms with Crippen LogP contribution in [-0.2, 0) is 0 Å². The first-order chi connectivity index (χ1) is 9.74. The summed E-state index contributed by atoms with van der Waals surface area (Å²) in [7, 11) is 0. The van der Waals surface area contributed by atoms with Crippen molar-refractivity contribution in [3.63, 3.8) is 0 Å². The Labute approximate surface area is 117 Å². The quantitative estimate of drug-likeness (QED) is 0.770. The topological polar surface area (TPSA) is 91.1 Å². The summed E-state index contributed by atoms with van der Waals surface area (Å²) in [4.78, 5) is 6.46. The first-order valence-electron chi connectivity index (χ1n) is 6.90. The normalized spacial score (nSPS) is 20.9. The smallest absolute Gasteiger partial charge is 0.244 e. The molecule has 0 amide bonds. The van der Waals surface area contributed by atoms with Gasteiger partial charge in [-0.2, -0.15) is 4.98 Å². The Morgan fingerprint density at radius 1 is 1.35 bits per heavy atom. The molecule has 0 bridgehead atoms. The molecule has 6 heteroatoms. The number of nitrogens with two attached hydrogens (primary N) is 1. The molecule has 1 aromatic heterocycles. The molecule has 0 radical (unpaired) electrons. The van der Waals surface area contributed by atoms with Crippen molar-refractivity contribution in [2.75, 3.05) is 18.0 Å². The van der Waals surface area contributed by atoms with E-state index in [9.17, 15) is 5.11 Å². The molecule has 1 saturated heterocycles. The van der Waals surface area contributed by atoms with Gasteiger partial charge in [-0.3, -0.25) is 5.10 Å². The van der Waals surface area contributed by atoms with Gasteiger partial charge in [-0.15, -0.1) is 5.10 Å². The van der Waals surface area contributed by atoms with Crippen LogP contribution in [0, 0.1) is 0 Å². The molecule has 0 saturated carbocycles. The van der Waals surface area contributed by atoms with E-state index in [1.165, 1.54) is 0 Å². The predicted octanol–water partition coefficient (Wildman–Crippen LogP) is 0.814. The van der Waals surface area contributed by atoms with Crippen LogP contribution >= 0.6 is 0 Å². The Kier molecular flexibility index (Phi) is 3.66. The van der Waals surface area contributed by atoms with Gasteiger partial charge < -0.3 is 15.7 Å². The van der Waals surface area contributed by atoms with Crippen molar-refractivity contribution >= 4 is 5.95 Å². The Balaban J connectivity index is 1.76. The number of rotatable bonds is 3. The molecule has 20 heavy (non-hydrogen) atoms. The molecule has 1 aliphatic heterocycles. The molecule has 0 spiro atoms. The standard InChI is InChI=1S/C14H19N5O/c15-11-7-4-8-19(9-11)14-16-13(17-18-14)12(20)10-5-2-1-3-6-10/h1-3,5-6,11-12,20H,4,7-9,15H2,(H,16,17,18). The summed E-state index contributed by atoms with van der Waals surface area (Å²) < 4.78 is 0. The lowest BCUT2D eigenvalue weighted by Crippen LogP contribution is -2.43. The Morgan fingerprint density at radius 3 is 2.90 bits per heavy atom. The second-order valence-corrected chi connectivity index (χ2v) is 5.18. The van der Waals surface area contributed by atoms with Gasteiger partial charge in [-0.25, -0.2) is 0 Å². The van der Waals surface area contributed by atoms with E-state index < -0.39 is 6.10 Å². The van der Waals surface area contributed by atoms with E-state index >= 15 is 0 Å². The largest absolute Gasteiger partial charge is 0.380 e. The molecule has 106 valence electrons. The maximum atomic E-state index is 10.3. The summed E-state index contributed by atoms with van der Waals surface area (Å²) in [5, 5.41) is 17.3. The van der Waals surface area contributed by atoms with Crippen LogP contribution in [0.1, 0.15) is 30.3 Å². The lowest BCUT2D eigenvalue weighted by molar-refractivity contribution is 0.210. The fourth-order valence-electron chi connectivity index (χ4n) is 2.51. The van der Waals surface area contributed by atoms with Crippen molar-refractivity contribution < 1.29 is 5.11 Å². The van der Waals surface area contributed by atoms with E-state index in [0.717, 1.165) is 31.5 Å². The highest BCUT2D eigenvalue weighted by atomic mass is 16.3. The second-order valence-electron chi connectivity index (χ2n) is 5.18. The number of aromatic nitrogens is 3. The number of nitrogens with zero attached hydrogens (tertiary/aromatic N) is 3. The molecule has 6 nitrogen and oxygen atoms in total. The van der Waals surface area contributed by atoms with Crippen molar-refractivity contribution in [3.8, 4) is 0 Å². The second kappa shape index (κ2) is 5.60. The minimum absolute atomic E-state index is 0.171. The van der Waals surface area contributed by atoms with Crippen LogP contribution in [0.4, 0.5) is 5.95 Å². The number of piperidine rings is 1. The number of hydrogen-bond acceptors (Lipinski definition) is 5. The van der Waals surface area contributed by atoms with E-state index in [2.05, 4.69) is 20.1 Å². The minimum atomic E-state index is -0.782. The lowest BCUT2D eigenvalue weighted by atomic mass is 10.1. The van der Waals surface area contributed by atoms with E-state index in [1.54, 1.807) is 0 Å². The third-order valence-electron chi connectivity index (χ3n) is 3.61. The summed E-state index contributed by atoms with van der Waals surface area (Å²) >= 11 is 0. The van der Waals surface area contributed by atoms with Gasteiger partial charge in [0, 0.05) is 19.1 Å². The maximum Gasteiger partial charge on any atom is 0.244 e. The molecular weight excluding hydrogens is 254 g/mol. The van der Waals surface area contributed by atoms with Gasteiger partial charge in [0.15, 0.2) is 5.82 Å². The SMILES string of the molecule is NC1CCCN(c2n[nH]c(C(O)c3ccccc3)n2)C1. The minimum Gasteiger partial charge on any atom is -0.380 e. The summed E-state index contributed by atoms with van der Waals surface area (Å²) in [5.41, 5.74) is 6.76. The third-order valence-corrected chi connectivity index (χ3v) is 3.61. The number of aliphatic hydroxyl groups excluding tert-OH is 1. The van der Waals surface area contributed by atoms with Crippen LogP contribution in [0.3, 0.4) is 0 Å². The third kappa shape index (κ3) is 2.66. The first kappa shape index (κ1) is 13.1. The van der Waals surface area contributed by atoms with Gasteiger partial charge >= 0.3 is 0 Å². The van der Waals surface area contributed by atoms with Gasteiger partial charge in [0.1, 0.15) is 6.10 Å². The Morgan fingerprint density at radius 2 is 2.15 bits per heavy atom. The summed E-state index contributed by atoms with van der Waals surface area (Å²) in [6, 6.07) is 9.59. The zero-order valence-electron chi connectivity index (χ0n) is 11.2. The van der Waals surface area contributed by atoms with Crippen LogP contribution in [0.5, 0.6) is 0 Å². The van der Waals surface area contributed by atoms with Gasteiger partial charge in [-0.1, -0.05) is 30.3 Å². The molecule has 0 aliphatic carbocycles.